The van der Waals surface area contributed by atoms with Crippen LogP contribution < -0.4 is 20.1 Å². The van der Waals surface area contributed by atoms with Crippen molar-refractivity contribution >= 4 is 44.7 Å². The normalized spacial score (nSPS) is 26.1. The Morgan fingerprint density at radius 1 is 1.11 bits per heavy atom. The molecular weight excluding hydrogens is 768 g/mol. The molecule has 13 nitrogen and oxygen atoms in total. The van der Waals surface area contributed by atoms with Crippen LogP contribution in [0.15, 0.2) is 30.4 Å². The first-order valence-electron chi connectivity index (χ1n) is 19.8. The number of carbonyl (C=O) groups excluding carboxylic acids is 4. The third-order valence-electron chi connectivity index (χ3n) is 11.9. The molecule has 4 amide bonds. The van der Waals surface area contributed by atoms with E-state index < -0.39 is 86.0 Å². The van der Waals surface area contributed by atoms with Crippen LogP contribution in [0.3, 0.4) is 0 Å². The number of primary amides is 1. The van der Waals surface area contributed by atoms with Gasteiger partial charge >= 0.3 is 28.2 Å². The number of aromatic nitrogens is 1. The Morgan fingerprint density at radius 3 is 2.53 bits per heavy atom. The smallest absolute Gasteiger partial charge is 0.437 e. The number of alkyl halides is 3. The molecular formula is C40H53F3N5O8S+. The third-order valence-corrected chi connectivity index (χ3v) is 14.2. The van der Waals surface area contributed by atoms with Gasteiger partial charge < -0.3 is 25.0 Å². The van der Waals surface area contributed by atoms with E-state index in [1.165, 1.54) is 11.0 Å². The predicted molar refractivity (Wildman–Crippen MR) is 203 cm³/mol. The number of hydrogen-bond donors (Lipinski definition) is 3. The number of aryl methyl sites for hydroxylation is 2. The molecule has 0 bridgehead atoms. The van der Waals surface area contributed by atoms with Crippen molar-refractivity contribution in [1.82, 2.24) is 20.5 Å². The molecule has 6 rings (SSSR count). The Kier molecular flexibility index (Phi) is 12.0. The second kappa shape index (κ2) is 16.2. The minimum Gasteiger partial charge on any atom is -0.483 e. The van der Waals surface area contributed by atoms with E-state index in [4.69, 9.17) is 9.47 Å². The summed E-state index contributed by atoms with van der Waals surface area (Å²) >= 11 is 0. The van der Waals surface area contributed by atoms with Gasteiger partial charge in [0.1, 0.15) is 34.6 Å². The number of primary sulfonamides is 1. The fraction of sp³-hybridized carbons (Fsp3) is 0.625. The van der Waals surface area contributed by atoms with Gasteiger partial charge in [-0.1, -0.05) is 50.5 Å². The van der Waals surface area contributed by atoms with Crippen molar-refractivity contribution in [2.24, 2.45) is 5.92 Å². The molecule has 1 saturated carbocycles. The SMILES string of the molecule is Cc1ccc2nc(C(F)(F)F)c3c(c2c1)CCC1(CC2C(=O)NC(C(=O)[NH2+]S(=O)(=O)C4(C)CC4)CC=CCCCCCC(NC(=O)OC(C)C(C)C)C(=O)N2C1)O3. The highest BCUT2D eigenvalue weighted by Gasteiger charge is 2.56. The molecule has 312 valence electrons. The maximum atomic E-state index is 14.7. The van der Waals surface area contributed by atoms with Crippen LogP contribution in [0.25, 0.3) is 10.9 Å². The first-order valence-corrected chi connectivity index (χ1v) is 21.3. The van der Waals surface area contributed by atoms with Crippen molar-refractivity contribution in [3.05, 3.63) is 47.2 Å². The summed E-state index contributed by atoms with van der Waals surface area (Å²) in [6.07, 6.45) is 0.848. The summed E-state index contributed by atoms with van der Waals surface area (Å²) in [6.45, 7) is 8.53. The van der Waals surface area contributed by atoms with Gasteiger partial charge in [0.25, 0.3) is 0 Å². The first-order chi connectivity index (χ1) is 26.7. The Bertz CT molecular complexity index is 2050. The number of quaternary nitrogens is 1. The Morgan fingerprint density at radius 2 is 1.84 bits per heavy atom. The molecule has 5 atom stereocenters. The molecule has 0 radical (unpaired) electrons. The molecule has 3 aliphatic heterocycles. The summed E-state index contributed by atoms with van der Waals surface area (Å²) in [5.41, 5.74) is -1.40. The number of sulfonamides is 1. The van der Waals surface area contributed by atoms with Gasteiger partial charge in [0, 0.05) is 17.4 Å². The number of ether oxygens (including phenoxy) is 2. The molecule has 2 aromatic rings. The Labute approximate surface area is 330 Å². The van der Waals surface area contributed by atoms with Crippen molar-refractivity contribution in [2.75, 3.05) is 6.54 Å². The number of hydrogen-bond acceptors (Lipinski definition) is 9. The van der Waals surface area contributed by atoms with Crippen molar-refractivity contribution < 1.29 is 55.0 Å². The van der Waals surface area contributed by atoms with Crippen LogP contribution in [-0.2, 0) is 41.7 Å². The van der Waals surface area contributed by atoms with E-state index in [0.29, 0.717) is 54.2 Å². The average Bonchev–Trinajstić information content (AvgIpc) is 3.80. The van der Waals surface area contributed by atoms with Crippen molar-refractivity contribution in [3.63, 3.8) is 0 Å². The molecule has 57 heavy (non-hydrogen) atoms. The van der Waals surface area contributed by atoms with E-state index in [1.807, 2.05) is 26.8 Å². The minimum absolute atomic E-state index is 0.0163. The molecule has 4 N–H and O–H groups in total. The van der Waals surface area contributed by atoms with Gasteiger partial charge in [0.15, 0.2) is 11.4 Å². The molecule has 5 unspecified atom stereocenters. The third kappa shape index (κ3) is 9.24. The van der Waals surface area contributed by atoms with Crippen LogP contribution in [0.2, 0.25) is 0 Å². The van der Waals surface area contributed by atoms with Gasteiger partial charge in [-0.05, 0) is 90.2 Å². The lowest BCUT2D eigenvalue weighted by atomic mass is 9.86. The number of halogens is 3. The summed E-state index contributed by atoms with van der Waals surface area (Å²) < 4.78 is 81.7. The van der Waals surface area contributed by atoms with Crippen LogP contribution in [0.1, 0.15) is 109 Å². The fourth-order valence-corrected chi connectivity index (χ4v) is 9.12. The van der Waals surface area contributed by atoms with E-state index >= 15 is 0 Å². The largest absolute Gasteiger partial charge is 0.483 e. The number of nitrogens with one attached hydrogen (secondary N) is 2. The second-order valence-corrected chi connectivity index (χ2v) is 19.0. The maximum Gasteiger partial charge on any atom is 0.437 e. The molecule has 4 aliphatic rings. The van der Waals surface area contributed by atoms with E-state index in [9.17, 15) is 40.8 Å². The summed E-state index contributed by atoms with van der Waals surface area (Å²) in [5, 5.41) is 5.88. The second-order valence-electron chi connectivity index (χ2n) is 16.7. The summed E-state index contributed by atoms with van der Waals surface area (Å²) in [5.74, 6) is -2.78. The number of nitrogens with two attached hydrogens (primary N) is 1. The van der Waals surface area contributed by atoms with Gasteiger partial charge in [-0.2, -0.15) is 26.3 Å². The predicted octanol–water partition coefficient (Wildman–Crippen LogP) is 4.73. The number of fused-ring (bicyclic) bond motifs is 4. The number of alkyl carbamates (subject to hydrolysis) is 1. The molecule has 1 aromatic heterocycles. The number of benzene rings is 1. The van der Waals surface area contributed by atoms with Crippen LogP contribution in [0.4, 0.5) is 18.0 Å². The molecule has 1 aliphatic carbocycles. The highest BCUT2D eigenvalue weighted by molar-refractivity contribution is 7.86. The topological polar surface area (TPSA) is 178 Å². The van der Waals surface area contributed by atoms with Gasteiger partial charge in [-0.15, -0.1) is 0 Å². The van der Waals surface area contributed by atoms with Gasteiger partial charge in [-0.3, -0.25) is 9.59 Å². The van der Waals surface area contributed by atoms with Crippen molar-refractivity contribution in [1.29, 1.82) is 0 Å². The fourth-order valence-electron chi connectivity index (χ4n) is 7.69. The highest BCUT2D eigenvalue weighted by Crippen LogP contribution is 2.48. The quantitative estimate of drug-likeness (QED) is 0.348. The molecule has 4 heterocycles. The average molecular weight is 821 g/mol. The van der Waals surface area contributed by atoms with E-state index in [0.717, 1.165) is 5.56 Å². The number of carbonyl (C=O) groups is 4. The van der Waals surface area contributed by atoms with Crippen molar-refractivity contribution in [3.8, 4) is 5.75 Å². The molecule has 17 heteroatoms. The zero-order chi connectivity index (χ0) is 41.5. The maximum absolute atomic E-state index is 14.7. The summed E-state index contributed by atoms with van der Waals surface area (Å²) in [4.78, 5) is 61.0. The Balaban J connectivity index is 1.37. The van der Waals surface area contributed by atoms with Gasteiger partial charge in [-0.25, -0.2) is 14.6 Å². The van der Waals surface area contributed by atoms with E-state index in [1.54, 1.807) is 32.1 Å². The Hall–Kier alpha value is -4.25. The zero-order valence-corrected chi connectivity index (χ0v) is 33.9. The minimum atomic E-state index is -4.89. The molecule has 2 fully saturated rings. The molecule has 1 saturated heterocycles. The standard InChI is InChI=1S/C40H52F3N5O8S/c1-23(2)25(4)55-37(52)46-30-13-11-9-7-6-8-10-12-29(34(49)47-57(53,54)38(5)18-19-38)45-35(50)31-21-39(22-48(31)36(30)51)17-16-26-27-20-24(3)14-15-28(27)44-33(32(26)56-39)40(41,42)43/h8,10,14-15,20,23,25,29-31H,6-7,9,11-13,16-19,21-22H2,1-5H3,(H,45,50)(H,46,52)(H,47,49)/p+1. The van der Waals surface area contributed by atoms with Crippen LogP contribution >= 0.6 is 0 Å². The number of amides is 4. The lowest BCUT2D eigenvalue weighted by Gasteiger charge is -2.37. The lowest BCUT2D eigenvalue weighted by Crippen LogP contribution is -2.95. The number of rotatable bonds is 6. The lowest BCUT2D eigenvalue weighted by molar-refractivity contribution is -0.416. The zero-order valence-electron chi connectivity index (χ0n) is 33.0. The summed E-state index contributed by atoms with van der Waals surface area (Å²) in [6, 6.07) is 1.13. The highest BCUT2D eigenvalue weighted by atomic mass is 32.2. The van der Waals surface area contributed by atoms with E-state index in [2.05, 4.69) is 15.6 Å². The van der Waals surface area contributed by atoms with Crippen LogP contribution in [-0.4, -0.2) is 83.2 Å². The summed E-state index contributed by atoms with van der Waals surface area (Å²) in [7, 11) is -3.95. The van der Waals surface area contributed by atoms with Crippen LogP contribution in [0, 0.1) is 12.8 Å². The van der Waals surface area contributed by atoms with Gasteiger partial charge in [0.05, 0.1) is 12.1 Å². The van der Waals surface area contributed by atoms with Crippen LogP contribution in [0.5, 0.6) is 5.75 Å². The monoisotopic (exact) mass is 820 g/mol. The number of nitrogens with zero attached hydrogens (tertiary/aromatic N) is 2. The van der Waals surface area contributed by atoms with Gasteiger partial charge in [0.2, 0.25) is 11.8 Å². The number of allylic oxidation sites excluding steroid dienone is 1. The first kappa shape index (κ1) is 42.4. The van der Waals surface area contributed by atoms with Crippen molar-refractivity contribution in [2.45, 2.75) is 146 Å². The molecule has 1 aromatic carbocycles. The van der Waals surface area contributed by atoms with E-state index in [-0.39, 0.29) is 50.1 Å². The number of pyridine rings is 1. The molecule has 1 spiro atoms.